The molecule has 0 bridgehead atoms. The average Bonchev–Trinajstić information content (AvgIpc) is 3.16. The van der Waals surface area contributed by atoms with Gasteiger partial charge >= 0.3 is 0 Å². The quantitative estimate of drug-likeness (QED) is 0.113. The smallest absolute Gasteiger partial charge is 0.240 e. The molecule has 0 amide bonds. The van der Waals surface area contributed by atoms with Gasteiger partial charge in [-0.25, -0.2) is 27.8 Å². The van der Waals surface area contributed by atoms with Crippen molar-refractivity contribution in [2.75, 3.05) is 12.3 Å². The Morgan fingerprint density at radius 2 is 1.87 bits per heavy atom. The van der Waals surface area contributed by atoms with Crippen molar-refractivity contribution in [1.29, 1.82) is 0 Å². The molecule has 0 unspecified atom stereocenters. The number of fused-ring (bicyclic) bond motifs is 1. The number of H-pyrrole nitrogens is 1. The topological polar surface area (TPSA) is 225 Å². The SMILES string of the molecule is NCCS(=O)(=O)c1ccc(-c2cccc3cn[nH]c23)c(/C(=N/N)NN)c1S(N)(=O)=O. The van der Waals surface area contributed by atoms with E-state index >= 15 is 0 Å². The number of hydrogen-bond donors (Lipinski definition) is 6. The molecule has 2 aromatic carbocycles. The van der Waals surface area contributed by atoms with Gasteiger partial charge in [-0.1, -0.05) is 24.3 Å². The molecule has 0 saturated carbocycles. The average molecular weight is 453 g/mol. The van der Waals surface area contributed by atoms with Crippen LogP contribution in [0, 0.1) is 0 Å². The van der Waals surface area contributed by atoms with Crippen molar-refractivity contribution in [3.63, 3.8) is 0 Å². The molecule has 0 spiro atoms. The van der Waals surface area contributed by atoms with Gasteiger partial charge in [0.2, 0.25) is 10.0 Å². The third kappa shape index (κ3) is 3.73. The van der Waals surface area contributed by atoms with Gasteiger partial charge in [-0.2, -0.15) is 10.2 Å². The number of sulfone groups is 1. The molecule has 160 valence electrons. The van der Waals surface area contributed by atoms with Gasteiger partial charge in [0.15, 0.2) is 15.7 Å². The number of hydrazine groups is 1. The van der Waals surface area contributed by atoms with Crippen molar-refractivity contribution < 1.29 is 16.8 Å². The first-order valence-electron chi connectivity index (χ1n) is 8.45. The molecule has 0 saturated heterocycles. The molecule has 3 rings (SSSR count). The summed E-state index contributed by atoms with van der Waals surface area (Å²) in [5.41, 5.74) is 8.74. The van der Waals surface area contributed by atoms with Crippen molar-refractivity contribution in [3.05, 3.63) is 42.1 Å². The minimum absolute atomic E-state index is 0.192. The molecule has 0 fully saturated rings. The summed E-state index contributed by atoms with van der Waals surface area (Å²) in [5, 5.41) is 16.5. The van der Waals surface area contributed by atoms with Gasteiger partial charge in [-0.05, 0) is 11.6 Å². The number of nitrogens with one attached hydrogen (secondary N) is 2. The highest BCUT2D eigenvalue weighted by atomic mass is 32.2. The lowest BCUT2D eigenvalue weighted by molar-refractivity contribution is 0.583. The fourth-order valence-corrected chi connectivity index (χ4v) is 5.94. The number of benzene rings is 2. The Balaban J connectivity index is 2.54. The number of aromatic nitrogens is 2. The summed E-state index contributed by atoms with van der Waals surface area (Å²) in [5.74, 6) is 10.1. The number of para-hydroxylation sites is 1. The molecule has 0 radical (unpaired) electrons. The normalized spacial score (nSPS) is 13.0. The maximum atomic E-state index is 12.7. The van der Waals surface area contributed by atoms with E-state index in [9.17, 15) is 16.8 Å². The van der Waals surface area contributed by atoms with E-state index in [1.165, 1.54) is 6.07 Å². The zero-order chi connectivity index (χ0) is 22.1. The number of sulfonamides is 1. The number of rotatable bonds is 6. The largest absolute Gasteiger partial charge is 0.329 e. The first-order valence-corrected chi connectivity index (χ1v) is 11.7. The van der Waals surface area contributed by atoms with Crippen molar-refractivity contribution in [2.45, 2.75) is 9.79 Å². The van der Waals surface area contributed by atoms with Gasteiger partial charge in [0, 0.05) is 23.1 Å². The number of primary sulfonamides is 1. The molecule has 0 aliphatic carbocycles. The maximum absolute atomic E-state index is 12.7. The summed E-state index contributed by atoms with van der Waals surface area (Å²) >= 11 is 0. The van der Waals surface area contributed by atoms with Crippen LogP contribution in [0.2, 0.25) is 0 Å². The highest BCUT2D eigenvalue weighted by molar-refractivity contribution is 7.93. The number of hydrazone groups is 1. The van der Waals surface area contributed by atoms with E-state index in [2.05, 4.69) is 20.7 Å². The minimum Gasteiger partial charge on any atom is -0.329 e. The molecule has 0 aliphatic rings. The monoisotopic (exact) mass is 452 g/mol. The van der Waals surface area contributed by atoms with Crippen LogP contribution in [0.15, 0.2) is 51.4 Å². The lowest BCUT2D eigenvalue weighted by Crippen LogP contribution is -2.35. The Kier molecular flexibility index (Phi) is 5.78. The third-order valence-electron chi connectivity index (χ3n) is 4.40. The molecule has 14 heteroatoms. The van der Waals surface area contributed by atoms with Crippen molar-refractivity contribution in [2.24, 2.45) is 27.7 Å². The summed E-state index contributed by atoms with van der Waals surface area (Å²) in [6.07, 6.45) is 1.58. The van der Waals surface area contributed by atoms with Crippen LogP contribution < -0.4 is 28.0 Å². The van der Waals surface area contributed by atoms with Gasteiger partial charge < -0.3 is 17.0 Å². The minimum atomic E-state index is -4.58. The molecule has 1 aromatic heterocycles. The molecule has 3 aromatic rings. The number of aromatic amines is 1. The zero-order valence-corrected chi connectivity index (χ0v) is 17.2. The van der Waals surface area contributed by atoms with Crippen molar-refractivity contribution in [3.8, 4) is 11.1 Å². The molecule has 30 heavy (non-hydrogen) atoms. The summed E-state index contributed by atoms with van der Waals surface area (Å²) in [4.78, 5) is -1.21. The predicted octanol–water partition coefficient (Wildman–Crippen LogP) is -1.31. The molecule has 0 atom stereocenters. The highest BCUT2D eigenvalue weighted by Gasteiger charge is 2.32. The third-order valence-corrected chi connectivity index (χ3v) is 7.30. The van der Waals surface area contributed by atoms with E-state index in [0.29, 0.717) is 11.1 Å². The highest BCUT2D eigenvalue weighted by Crippen LogP contribution is 2.36. The van der Waals surface area contributed by atoms with Gasteiger partial charge in [0.1, 0.15) is 4.90 Å². The Hall–Kier alpha value is -3.04. The number of nitrogens with two attached hydrogens (primary N) is 4. The number of nitrogens with zero attached hydrogens (tertiary/aromatic N) is 2. The number of hydrogen-bond acceptors (Lipinski definition) is 9. The van der Waals surface area contributed by atoms with Crippen LogP contribution in [0.25, 0.3) is 22.0 Å². The van der Waals surface area contributed by atoms with Crippen LogP contribution in [0.3, 0.4) is 0 Å². The standard InChI is InChI=1S/C16H20N8O4S2/c17-6-7-29(25,26)12-5-4-10(11-3-1-2-9-8-21-24-14(9)11)13(16(22-18)23-19)15(12)30(20,27)28/h1-5,8H,6-7,17-19H2,(H,21,24)(H,22,23)(H2,20,27,28). The lowest BCUT2D eigenvalue weighted by atomic mass is 9.97. The van der Waals surface area contributed by atoms with E-state index in [0.717, 1.165) is 11.5 Å². The van der Waals surface area contributed by atoms with Gasteiger partial charge in [-0.15, -0.1) is 0 Å². The van der Waals surface area contributed by atoms with Crippen LogP contribution >= 0.6 is 0 Å². The van der Waals surface area contributed by atoms with E-state index in [-0.39, 0.29) is 23.5 Å². The maximum Gasteiger partial charge on any atom is 0.240 e. The van der Waals surface area contributed by atoms with Crippen molar-refractivity contribution in [1.82, 2.24) is 15.6 Å². The zero-order valence-electron chi connectivity index (χ0n) is 15.5. The summed E-state index contributed by atoms with van der Waals surface area (Å²) < 4.78 is 50.6. The predicted molar refractivity (Wildman–Crippen MR) is 112 cm³/mol. The molecule has 10 N–H and O–H groups in total. The van der Waals surface area contributed by atoms with Gasteiger partial charge in [0.25, 0.3) is 0 Å². The molecule has 0 aliphatic heterocycles. The van der Waals surface area contributed by atoms with E-state index in [4.69, 9.17) is 22.6 Å². The summed E-state index contributed by atoms with van der Waals surface area (Å²) in [7, 11) is -8.67. The van der Waals surface area contributed by atoms with Crippen LogP contribution in [-0.4, -0.2) is 45.2 Å². The molecule has 1 heterocycles. The first-order chi connectivity index (χ1) is 14.2. The summed E-state index contributed by atoms with van der Waals surface area (Å²) in [6, 6.07) is 7.78. The van der Waals surface area contributed by atoms with Gasteiger partial charge in [-0.3, -0.25) is 5.10 Å². The Labute approximate surface area is 172 Å². The van der Waals surface area contributed by atoms with Crippen LogP contribution in [0.1, 0.15) is 5.56 Å². The second-order valence-electron chi connectivity index (χ2n) is 6.23. The van der Waals surface area contributed by atoms with Gasteiger partial charge in [0.05, 0.1) is 22.4 Å². The van der Waals surface area contributed by atoms with E-state index in [1.54, 1.807) is 24.4 Å². The molecular formula is C16H20N8O4S2. The first kappa shape index (κ1) is 21.7. The van der Waals surface area contributed by atoms with Crippen LogP contribution in [-0.2, 0) is 19.9 Å². The Bertz CT molecular complexity index is 1350. The fraction of sp³-hybridized carbons (Fsp3) is 0.125. The van der Waals surface area contributed by atoms with Crippen LogP contribution in [0.4, 0.5) is 0 Å². The lowest BCUT2D eigenvalue weighted by Gasteiger charge is -2.19. The second kappa shape index (κ2) is 8.00. The summed E-state index contributed by atoms with van der Waals surface area (Å²) in [6.45, 7) is -0.218. The van der Waals surface area contributed by atoms with Crippen LogP contribution in [0.5, 0.6) is 0 Å². The van der Waals surface area contributed by atoms with E-state index < -0.39 is 35.4 Å². The van der Waals surface area contributed by atoms with E-state index in [1.807, 2.05) is 0 Å². The Morgan fingerprint density at radius 3 is 2.47 bits per heavy atom. The molecular weight excluding hydrogens is 432 g/mol. The second-order valence-corrected chi connectivity index (χ2v) is 9.81. The fourth-order valence-electron chi connectivity index (χ4n) is 3.18. The molecule has 12 nitrogen and oxygen atoms in total. The number of amidine groups is 1. The van der Waals surface area contributed by atoms with Crippen molar-refractivity contribution >= 4 is 36.6 Å². The Morgan fingerprint density at radius 1 is 1.13 bits per heavy atom.